The van der Waals surface area contributed by atoms with Gasteiger partial charge < -0.3 is 13.8 Å². The van der Waals surface area contributed by atoms with E-state index in [0.29, 0.717) is 37.6 Å². The molecule has 0 radical (unpaired) electrons. The molecular weight excluding hydrogens is 386 g/mol. The van der Waals surface area contributed by atoms with Crippen molar-refractivity contribution in [1.29, 1.82) is 0 Å². The van der Waals surface area contributed by atoms with Crippen molar-refractivity contribution in [3.05, 3.63) is 82.3 Å². The van der Waals surface area contributed by atoms with Crippen molar-refractivity contribution in [3.63, 3.8) is 0 Å². The summed E-state index contributed by atoms with van der Waals surface area (Å²) in [6, 6.07) is 15.6. The van der Waals surface area contributed by atoms with Crippen LogP contribution in [0.15, 0.2) is 69.1 Å². The number of nitrogens with zero attached hydrogens (tertiary/aromatic N) is 3. The summed E-state index contributed by atoms with van der Waals surface area (Å²) < 4.78 is 10.8. The van der Waals surface area contributed by atoms with E-state index in [4.69, 9.17) is 8.94 Å². The Balaban J connectivity index is 1.40. The molecule has 4 aromatic rings. The van der Waals surface area contributed by atoms with Gasteiger partial charge in [0.15, 0.2) is 0 Å². The second-order valence-electron chi connectivity index (χ2n) is 6.79. The zero-order chi connectivity index (χ0) is 20.1. The van der Waals surface area contributed by atoms with Crippen LogP contribution in [0.3, 0.4) is 0 Å². The number of benzene rings is 1. The molecule has 1 aromatic carbocycles. The molecule has 1 amide bonds. The third-order valence-corrected chi connectivity index (χ3v) is 5.40. The maximum absolute atomic E-state index is 12.9. The molecule has 0 atom stereocenters. The van der Waals surface area contributed by atoms with Crippen molar-refractivity contribution < 1.29 is 13.7 Å². The topological polar surface area (TPSA) is 72.4 Å². The predicted molar refractivity (Wildman–Crippen MR) is 110 cm³/mol. The van der Waals surface area contributed by atoms with Gasteiger partial charge in [-0.05, 0) is 30.5 Å². The summed E-state index contributed by atoms with van der Waals surface area (Å²) in [5.74, 6) is 1.78. The van der Waals surface area contributed by atoms with E-state index in [1.165, 1.54) is 5.56 Å². The van der Waals surface area contributed by atoms with Gasteiger partial charge in [0, 0.05) is 23.3 Å². The van der Waals surface area contributed by atoms with Crippen LogP contribution in [0.5, 0.6) is 0 Å². The molecule has 3 aromatic heterocycles. The van der Waals surface area contributed by atoms with Gasteiger partial charge in [0.1, 0.15) is 5.76 Å². The van der Waals surface area contributed by atoms with E-state index in [0.717, 1.165) is 16.2 Å². The Morgan fingerprint density at radius 2 is 1.97 bits per heavy atom. The summed E-state index contributed by atoms with van der Waals surface area (Å²) in [6.07, 6.45) is 2.31. The second-order valence-corrected chi connectivity index (χ2v) is 7.82. The first-order chi connectivity index (χ1) is 14.2. The highest BCUT2D eigenvalue weighted by Gasteiger charge is 2.18. The van der Waals surface area contributed by atoms with Crippen LogP contribution in [0.25, 0.3) is 11.4 Å². The van der Waals surface area contributed by atoms with Crippen molar-refractivity contribution in [1.82, 2.24) is 15.0 Å². The maximum atomic E-state index is 12.9. The molecule has 0 aliphatic carbocycles. The number of thiophene rings is 1. The van der Waals surface area contributed by atoms with Gasteiger partial charge in [-0.2, -0.15) is 4.98 Å². The van der Waals surface area contributed by atoms with E-state index < -0.39 is 0 Å². The first kappa shape index (κ1) is 19.1. The van der Waals surface area contributed by atoms with Crippen LogP contribution in [-0.2, 0) is 24.3 Å². The molecule has 4 rings (SSSR count). The number of hydrogen-bond acceptors (Lipinski definition) is 6. The molecule has 3 heterocycles. The smallest absolute Gasteiger partial charge is 0.227 e. The van der Waals surface area contributed by atoms with Crippen LogP contribution in [0.1, 0.15) is 28.5 Å². The third kappa shape index (κ3) is 5.00. The van der Waals surface area contributed by atoms with Gasteiger partial charge in [-0.3, -0.25) is 4.79 Å². The third-order valence-electron chi connectivity index (χ3n) is 4.54. The Morgan fingerprint density at radius 1 is 1.10 bits per heavy atom. The van der Waals surface area contributed by atoms with Crippen molar-refractivity contribution >= 4 is 17.2 Å². The number of carbonyl (C=O) groups excluding carboxylic acids is 1. The van der Waals surface area contributed by atoms with Crippen molar-refractivity contribution in [2.75, 3.05) is 0 Å². The highest BCUT2D eigenvalue weighted by atomic mass is 32.1. The van der Waals surface area contributed by atoms with Crippen molar-refractivity contribution in [2.45, 2.75) is 32.9 Å². The molecule has 0 spiro atoms. The van der Waals surface area contributed by atoms with Crippen LogP contribution in [0.4, 0.5) is 0 Å². The van der Waals surface area contributed by atoms with Gasteiger partial charge in [0.25, 0.3) is 0 Å². The molecule has 148 valence electrons. The molecule has 0 fully saturated rings. The first-order valence-electron chi connectivity index (χ1n) is 9.39. The largest absolute Gasteiger partial charge is 0.467 e. The highest BCUT2D eigenvalue weighted by Crippen LogP contribution is 2.19. The minimum absolute atomic E-state index is 0.0184. The Hall–Kier alpha value is -3.19. The zero-order valence-corrected chi connectivity index (χ0v) is 16.9. The van der Waals surface area contributed by atoms with Crippen molar-refractivity contribution in [2.24, 2.45) is 0 Å². The van der Waals surface area contributed by atoms with E-state index in [1.807, 2.05) is 60.8 Å². The Bertz CT molecular complexity index is 1000. The van der Waals surface area contributed by atoms with Crippen LogP contribution >= 0.6 is 11.3 Å². The summed E-state index contributed by atoms with van der Waals surface area (Å²) in [6.45, 7) is 3.01. The normalized spacial score (nSPS) is 10.9. The Morgan fingerprint density at radius 3 is 2.69 bits per heavy atom. The molecule has 0 saturated carbocycles. The average Bonchev–Trinajstić information content (AvgIpc) is 3.49. The van der Waals surface area contributed by atoms with E-state index in [-0.39, 0.29) is 5.91 Å². The lowest BCUT2D eigenvalue weighted by Gasteiger charge is -2.20. The fourth-order valence-corrected chi connectivity index (χ4v) is 3.68. The highest BCUT2D eigenvalue weighted by molar-refractivity contribution is 7.09. The second kappa shape index (κ2) is 8.87. The average molecular weight is 407 g/mol. The molecule has 0 N–H and O–H groups in total. The quantitative estimate of drug-likeness (QED) is 0.417. The Labute approximate surface area is 172 Å². The van der Waals surface area contributed by atoms with Gasteiger partial charge in [-0.1, -0.05) is 41.1 Å². The fraction of sp³-hybridized carbons (Fsp3) is 0.227. The lowest BCUT2D eigenvalue weighted by Crippen LogP contribution is -2.29. The number of hydrogen-bond donors (Lipinski definition) is 0. The molecule has 0 saturated heterocycles. The molecule has 0 bridgehead atoms. The summed E-state index contributed by atoms with van der Waals surface area (Å²) in [4.78, 5) is 20.2. The number of rotatable bonds is 8. The van der Waals surface area contributed by atoms with Gasteiger partial charge in [-0.15, -0.1) is 11.3 Å². The van der Waals surface area contributed by atoms with Crippen LogP contribution in [0, 0.1) is 6.92 Å². The summed E-state index contributed by atoms with van der Waals surface area (Å²) in [7, 11) is 0. The fourth-order valence-electron chi connectivity index (χ4n) is 2.96. The van der Waals surface area contributed by atoms with Crippen LogP contribution in [0.2, 0.25) is 0 Å². The Kier molecular flexibility index (Phi) is 5.86. The van der Waals surface area contributed by atoms with E-state index >= 15 is 0 Å². The molecule has 0 aliphatic rings. The lowest BCUT2D eigenvalue weighted by molar-refractivity contribution is -0.132. The number of amides is 1. The summed E-state index contributed by atoms with van der Waals surface area (Å²) >= 11 is 1.63. The molecule has 7 heteroatoms. The van der Waals surface area contributed by atoms with Gasteiger partial charge in [0.05, 0.1) is 19.4 Å². The number of carbonyl (C=O) groups is 1. The minimum atomic E-state index is 0.0184. The predicted octanol–water partition coefficient (Wildman–Crippen LogP) is 4.86. The van der Waals surface area contributed by atoms with Crippen LogP contribution < -0.4 is 0 Å². The van der Waals surface area contributed by atoms with Crippen LogP contribution in [-0.4, -0.2) is 20.9 Å². The SMILES string of the molecule is Cc1ccc(-c2noc(CCC(=O)N(Cc3ccco3)Cc3cccs3)n2)cc1. The van der Waals surface area contributed by atoms with Gasteiger partial charge >= 0.3 is 0 Å². The maximum Gasteiger partial charge on any atom is 0.227 e. The van der Waals surface area contributed by atoms with Gasteiger partial charge in [-0.25, -0.2) is 0 Å². The molecular formula is C22H21N3O3S. The lowest BCUT2D eigenvalue weighted by atomic mass is 10.1. The number of aromatic nitrogens is 2. The van der Waals surface area contributed by atoms with Gasteiger partial charge in [0.2, 0.25) is 17.6 Å². The summed E-state index contributed by atoms with van der Waals surface area (Å²) in [5.41, 5.74) is 2.07. The number of aryl methyl sites for hydroxylation is 2. The monoisotopic (exact) mass is 407 g/mol. The molecule has 0 unspecified atom stereocenters. The minimum Gasteiger partial charge on any atom is -0.467 e. The molecule has 29 heavy (non-hydrogen) atoms. The van der Waals surface area contributed by atoms with E-state index in [1.54, 1.807) is 22.5 Å². The molecule has 0 aliphatic heterocycles. The van der Waals surface area contributed by atoms with Crippen molar-refractivity contribution in [3.8, 4) is 11.4 Å². The standard InChI is InChI=1S/C22H21N3O3S/c1-16-6-8-17(9-7-16)22-23-20(28-24-22)10-11-21(26)25(14-18-4-2-12-27-18)15-19-5-3-13-29-19/h2-9,12-13H,10-11,14-15H2,1H3. The van der Waals surface area contributed by atoms with E-state index in [9.17, 15) is 4.79 Å². The first-order valence-corrected chi connectivity index (χ1v) is 10.3. The number of furan rings is 1. The molecule has 6 nitrogen and oxygen atoms in total. The van der Waals surface area contributed by atoms with E-state index in [2.05, 4.69) is 10.1 Å². The summed E-state index contributed by atoms with van der Waals surface area (Å²) in [5, 5.41) is 6.05. The zero-order valence-electron chi connectivity index (χ0n) is 16.1.